The van der Waals surface area contributed by atoms with E-state index in [9.17, 15) is 4.79 Å². The summed E-state index contributed by atoms with van der Waals surface area (Å²) in [5.74, 6) is -0.428. The Morgan fingerprint density at radius 1 is 1.64 bits per heavy atom. The molecular weight excluding hydrogens is 140 g/mol. The minimum atomic E-state index is -0.428. The van der Waals surface area contributed by atoms with E-state index in [1.54, 1.807) is 31.2 Å². The third-order valence-corrected chi connectivity index (χ3v) is 1.20. The fourth-order valence-corrected chi connectivity index (χ4v) is 0.729. The van der Waals surface area contributed by atoms with Crippen molar-refractivity contribution in [1.82, 2.24) is 0 Å². The molecule has 11 heavy (non-hydrogen) atoms. The summed E-state index contributed by atoms with van der Waals surface area (Å²) in [6.07, 6.45) is 0. The Balaban J connectivity index is 2.87. The maximum atomic E-state index is 11.1. The van der Waals surface area contributed by atoms with Gasteiger partial charge >= 0.3 is 5.97 Å². The maximum Gasteiger partial charge on any atom is 0.338 e. The molecular formula is C9H10O2. The fourth-order valence-electron chi connectivity index (χ4n) is 0.729. The van der Waals surface area contributed by atoms with Crippen LogP contribution < -0.4 is 0 Å². The lowest BCUT2D eigenvalue weighted by atomic mass is 10.2. The molecule has 0 saturated heterocycles. The van der Waals surface area contributed by atoms with Crippen LogP contribution in [0.25, 0.3) is 0 Å². The Bertz CT molecular complexity index is 284. The molecule has 0 aliphatic carbocycles. The number of rotatable bonds is 2. The summed E-state index contributed by atoms with van der Waals surface area (Å²) in [5.41, 5.74) is 0.319. The molecule has 0 N–H and O–H groups in total. The van der Waals surface area contributed by atoms with Gasteiger partial charge < -0.3 is 4.74 Å². The molecule has 0 radical (unpaired) electrons. The van der Waals surface area contributed by atoms with Gasteiger partial charge in [-0.1, -0.05) is 18.2 Å². The van der Waals surface area contributed by atoms with Crippen LogP contribution in [-0.4, -0.2) is 12.6 Å². The van der Waals surface area contributed by atoms with Gasteiger partial charge in [0, 0.05) is 0 Å². The average Bonchev–Trinajstić information content (AvgIpc) is 2.05. The minimum Gasteiger partial charge on any atom is -0.462 e. The zero-order valence-corrected chi connectivity index (χ0v) is 6.33. The van der Waals surface area contributed by atoms with Crippen LogP contribution in [0.3, 0.4) is 0 Å². The molecule has 0 aliphatic rings. The quantitative estimate of drug-likeness (QED) is 0.603. The molecule has 1 aromatic rings. The Hall–Kier alpha value is -1.31. The summed E-state index contributed by atoms with van der Waals surface area (Å²) >= 11 is 0. The average molecular weight is 151 g/mol. The summed E-state index contributed by atoms with van der Waals surface area (Å²) in [6, 6.07) is 6.78. The molecule has 58 valence electrons. The van der Waals surface area contributed by atoms with E-state index in [-0.39, 0.29) is 6.04 Å². The number of esters is 1. The predicted molar refractivity (Wildman–Crippen MR) is 42.4 cm³/mol. The fraction of sp³-hybridized carbons (Fsp3) is 0.222. The molecule has 0 saturated carbocycles. The maximum absolute atomic E-state index is 11.1. The first kappa shape index (κ1) is 6.40. The molecule has 0 fully saturated rings. The lowest BCUT2D eigenvalue weighted by molar-refractivity contribution is 0.0526. The Morgan fingerprint density at radius 2 is 2.45 bits per heavy atom. The van der Waals surface area contributed by atoms with Crippen LogP contribution in [0, 0.1) is 0 Å². The SMILES string of the molecule is [2H]c1ccccc1C(=O)OCC. The first-order valence-electron chi connectivity index (χ1n) is 3.98. The van der Waals surface area contributed by atoms with Gasteiger partial charge in [0.15, 0.2) is 0 Å². The van der Waals surface area contributed by atoms with Gasteiger partial charge in [-0.3, -0.25) is 0 Å². The standard InChI is InChI=1S/C9H10O2/c1-2-11-9(10)8-6-4-3-5-7-8/h3-7H,2H2,1H3/i6D. The van der Waals surface area contributed by atoms with Gasteiger partial charge in [0.1, 0.15) is 0 Å². The lowest BCUT2D eigenvalue weighted by Crippen LogP contribution is -2.03. The highest BCUT2D eigenvalue weighted by Crippen LogP contribution is 1.99. The summed E-state index contributed by atoms with van der Waals surface area (Å²) in [6.45, 7) is 2.08. The number of carbonyl (C=O) groups excluding carboxylic acids is 1. The third kappa shape index (κ3) is 2.08. The molecule has 0 aliphatic heterocycles. The topological polar surface area (TPSA) is 26.3 Å². The van der Waals surface area contributed by atoms with Gasteiger partial charge in [-0.2, -0.15) is 0 Å². The van der Waals surface area contributed by atoms with Crippen LogP contribution in [0.15, 0.2) is 30.3 Å². The van der Waals surface area contributed by atoms with Crippen LogP contribution in [-0.2, 0) is 4.74 Å². The van der Waals surface area contributed by atoms with Crippen molar-refractivity contribution in [2.24, 2.45) is 0 Å². The van der Waals surface area contributed by atoms with Crippen molar-refractivity contribution in [3.63, 3.8) is 0 Å². The van der Waals surface area contributed by atoms with Crippen molar-refractivity contribution in [1.29, 1.82) is 0 Å². The van der Waals surface area contributed by atoms with Crippen molar-refractivity contribution >= 4 is 5.97 Å². The second-order valence-corrected chi connectivity index (χ2v) is 2.00. The molecule has 0 atom stereocenters. The van der Waals surface area contributed by atoms with Gasteiger partial charge in [-0.25, -0.2) is 4.79 Å². The molecule has 1 aromatic carbocycles. The van der Waals surface area contributed by atoms with Gasteiger partial charge in [0.05, 0.1) is 13.5 Å². The largest absolute Gasteiger partial charge is 0.462 e. The van der Waals surface area contributed by atoms with Crippen molar-refractivity contribution in [3.8, 4) is 0 Å². The molecule has 0 bridgehead atoms. The lowest BCUT2D eigenvalue weighted by Gasteiger charge is -1.99. The highest BCUT2D eigenvalue weighted by molar-refractivity contribution is 5.89. The van der Waals surface area contributed by atoms with E-state index in [4.69, 9.17) is 6.11 Å². The van der Waals surface area contributed by atoms with Gasteiger partial charge in [0.25, 0.3) is 0 Å². The first-order chi connectivity index (χ1) is 5.75. The zero-order chi connectivity index (χ0) is 8.97. The number of ether oxygens (including phenoxy) is 1. The molecule has 2 nitrogen and oxygen atoms in total. The predicted octanol–water partition coefficient (Wildman–Crippen LogP) is 1.86. The van der Waals surface area contributed by atoms with Crippen molar-refractivity contribution < 1.29 is 10.9 Å². The van der Waals surface area contributed by atoms with Crippen LogP contribution in [0.2, 0.25) is 0 Å². The normalized spacial score (nSPS) is 10.5. The van der Waals surface area contributed by atoms with E-state index >= 15 is 0 Å². The highest BCUT2D eigenvalue weighted by atomic mass is 16.5. The second kappa shape index (κ2) is 3.76. The van der Waals surface area contributed by atoms with E-state index in [2.05, 4.69) is 0 Å². The second-order valence-electron chi connectivity index (χ2n) is 2.00. The number of hydrogen-bond acceptors (Lipinski definition) is 2. The molecule has 0 unspecified atom stereocenters. The molecule has 0 heterocycles. The van der Waals surface area contributed by atoms with Gasteiger partial charge in [-0.05, 0) is 19.0 Å². The summed E-state index contributed by atoms with van der Waals surface area (Å²) in [4.78, 5) is 11.1. The monoisotopic (exact) mass is 151 g/mol. The van der Waals surface area contributed by atoms with Crippen LogP contribution in [0.4, 0.5) is 0 Å². The highest BCUT2D eigenvalue weighted by Gasteiger charge is 2.02. The van der Waals surface area contributed by atoms with Crippen molar-refractivity contribution in [3.05, 3.63) is 35.9 Å². The third-order valence-electron chi connectivity index (χ3n) is 1.20. The zero-order valence-electron chi connectivity index (χ0n) is 7.33. The molecule has 0 aromatic heterocycles. The van der Waals surface area contributed by atoms with E-state index in [1.807, 2.05) is 0 Å². The van der Waals surface area contributed by atoms with E-state index in [0.717, 1.165) is 0 Å². The Labute approximate surface area is 67.2 Å². The minimum absolute atomic E-state index is 0.205. The molecule has 1 rings (SSSR count). The number of carbonyl (C=O) groups is 1. The smallest absolute Gasteiger partial charge is 0.338 e. The molecule has 2 heteroatoms. The summed E-state index contributed by atoms with van der Waals surface area (Å²) < 4.78 is 12.1. The summed E-state index contributed by atoms with van der Waals surface area (Å²) in [5, 5.41) is 0. The van der Waals surface area contributed by atoms with Crippen LogP contribution in [0.5, 0.6) is 0 Å². The van der Waals surface area contributed by atoms with E-state index in [0.29, 0.717) is 12.2 Å². The number of hydrogen-bond donors (Lipinski definition) is 0. The van der Waals surface area contributed by atoms with Crippen LogP contribution >= 0.6 is 0 Å². The Morgan fingerprint density at radius 3 is 3.09 bits per heavy atom. The van der Waals surface area contributed by atoms with Gasteiger partial charge in [-0.15, -0.1) is 0 Å². The van der Waals surface area contributed by atoms with E-state index < -0.39 is 5.97 Å². The van der Waals surface area contributed by atoms with Gasteiger partial charge in [0.2, 0.25) is 0 Å². The molecule has 0 spiro atoms. The van der Waals surface area contributed by atoms with Crippen LogP contribution in [0.1, 0.15) is 18.7 Å². The van der Waals surface area contributed by atoms with E-state index in [1.165, 1.54) is 0 Å². The first-order valence-corrected chi connectivity index (χ1v) is 3.48. The number of benzene rings is 1. The summed E-state index contributed by atoms with van der Waals surface area (Å²) in [7, 11) is 0. The van der Waals surface area contributed by atoms with Crippen molar-refractivity contribution in [2.45, 2.75) is 6.92 Å². The Kier molecular flexibility index (Phi) is 2.19. The molecule has 0 amide bonds. The van der Waals surface area contributed by atoms with Crippen molar-refractivity contribution in [2.75, 3.05) is 6.61 Å².